The fraction of sp³-hybridized carbons (Fsp3) is 0.667. The molecule has 0 aliphatic heterocycles. The number of aromatic hydroxyl groups is 1. The van der Waals surface area contributed by atoms with Gasteiger partial charge in [-0.2, -0.15) is 0 Å². The van der Waals surface area contributed by atoms with Gasteiger partial charge in [0.05, 0.1) is 18.3 Å². The molecule has 4 atom stereocenters. The van der Waals surface area contributed by atoms with Crippen LogP contribution in [0.1, 0.15) is 31.2 Å². The Morgan fingerprint density at radius 1 is 1.16 bits per heavy atom. The standard InChI is InChI=1S/C18H29O6P/c1-25(2,22)24-18-16(21)11-14(19)12-17(18)23-10-6-5-8-13-7-3-4-9-15(13)20/h3-4,7,9,14,16-21H,5-6,8,10-12H2,1-2H3/t14-,16-,17-,18-/m1/s1. The topological polar surface area (TPSA) is 96.2 Å². The van der Waals surface area contributed by atoms with Gasteiger partial charge in [-0.1, -0.05) is 18.2 Å². The fourth-order valence-electron chi connectivity index (χ4n) is 3.13. The Hall–Kier alpha value is -0.910. The Morgan fingerprint density at radius 2 is 1.88 bits per heavy atom. The van der Waals surface area contributed by atoms with E-state index in [1.807, 2.05) is 12.1 Å². The lowest BCUT2D eigenvalue weighted by molar-refractivity contribution is -0.129. The van der Waals surface area contributed by atoms with E-state index in [0.29, 0.717) is 18.8 Å². The van der Waals surface area contributed by atoms with Gasteiger partial charge in [0.2, 0.25) is 0 Å². The summed E-state index contributed by atoms with van der Waals surface area (Å²) in [6.45, 7) is 3.47. The van der Waals surface area contributed by atoms with E-state index in [2.05, 4.69) is 0 Å². The van der Waals surface area contributed by atoms with Crippen LogP contribution in [0.2, 0.25) is 0 Å². The van der Waals surface area contributed by atoms with Gasteiger partial charge >= 0.3 is 0 Å². The van der Waals surface area contributed by atoms with Crippen molar-refractivity contribution in [2.75, 3.05) is 19.9 Å². The van der Waals surface area contributed by atoms with Crippen molar-refractivity contribution < 1.29 is 29.1 Å². The first kappa shape index (κ1) is 20.4. The third-order valence-corrected chi connectivity index (χ3v) is 5.05. The molecule has 1 aromatic rings. The second kappa shape index (κ2) is 9.15. The number of benzene rings is 1. The minimum absolute atomic E-state index is 0.206. The van der Waals surface area contributed by atoms with Gasteiger partial charge in [-0.25, -0.2) is 0 Å². The number of ether oxygens (including phenoxy) is 1. The maximum Gasteiger partial charge on any atom is 0.197 e. The predicted octanol–water partition coefficient (Wildman–Crippen LogP) is 2.54. The van der Waals surface area contributed by atoms with E-state index in [0.717, 1.165) is 24.8 Å². The van der Waals surface area contributed by atoms with Crippen LogP contribution in [0, 0.1) is 0 Å². The van der Waals surface area contributed by atoms with Crippen LogP contribution in [0.4, 0.5) is 0 Å². The summed E-state index contributed by atoms with van der Waals surface area (Å²) in [6, 6.07) is 7.26. The van der Waals surface area contributed by atoms with E-state index in [4.69, 9.17) is 9.26 Å². The lowest BCUT2D eigenvalue weighted by Gasteiger charge is -2.38. The molecule has 1 aliphatic rings. The summed E-state index contributed by atoms with van der Waals surface area (Å²) in [5.74, 6) is 0.303. The number of rotatable bonds is 8. The van der Waals surface area contributed by atoms with Crippen LogP contribution in [0.5, 0.6) is 5.75 Å². The first-order chi connectivity index (χ1) is 11.8. The Bertz CT molecular complexity index is 587. The van der Waals surface area contributed by atoms with Crippen molar-refractivity contribution in [2.24, 2.45) is 0 Å². The number of unbranched alkanes of at least 4 members (excludes halogenated alkanes) is 1. The van der Waals surface area contributed by atoms with Crippen molar-refractivity contribution in [3.05, 3.63) is 29.8 Å². The lowest BCUT2D eigenvalue weighted by Crippen LogP contribution is -2.48. The lowest BCUT2D eigenvalue weighted by atomic mass is 9.90. The van der Waals surface area contributed by atoms with Gasteiger partial charge in [-0.15, -0.1) is 0 Å². The number of phenols is 1. The van der Waals surface area contributed by atoms with Gasteiger partial charge in [-0.3, -0.25) is 4.57 Å². The molecule has 25 heavy (non-hydrogen) atoms. The van der Waals surface area contributed by atoms with Crippen molar-refractivity contribution in [3.63, 3.8) is 0 Å². The maximum atomic E-state index is 11.9. The number of aliphatic hydroxyl groups excluding tert-OH is 2. The van der Waals surface area contributed by atoms with Gasteiger partial charge in [-0.05, 0) is 30.9 Å². The molecule has 1 fully saturated rings. The minimum atomic E-state index is -2.77. The molecule has 0 radical (unpaired) electrons. The minimum Gasteiger partial charge on any atom is -0.508 e. The van der Waals surface area contributed by atoms with E-state index in [1.165, 1.54) is 13.3 Å². The monoisotopic (exact) mass is 372 g/mol. The molecule has 0 amide bonds. The Morgan fingerprint density at radius 3 is 2.56 bits per heavy atom. The molecule has 0 heterocycles. The number of para-hydroxylation sites is 1. The smallest absolute Gasteiger partial charge is 0.197 e. The van der Waals surface area contributed by atoms with Gasteiger partial charge in [0, 0.05) is 32.8 Å². The normalized spacial score (nSPS) is 27.4. The third kappa shape index (κ3) is 6.72. The van der Waals surface area contributed by atoms with Crippen molar-refractivity contribution in [1.82, 2.24) is 0 Å². The molecule has 6 nitrogen and oxygen atoms in total. The van der Waals surface area contributed by atoms with E-state index in [9.17, 15) is 19.9 Å². The van der Waals surface area contributed by atoms with E-state index in [1.54, 1.807) is 12.1 Å². The molecule has 7 heteroatoms. The molecular formula is C18H29O6P. The second-order valence-corrected chi connectivity index (χ2v) is 9.72. The van der Waals surface area contributed by atoms with E-state index >= 15 is 0 Å². The zero-order valence-electron chi connectivity index (χ0n) is 14.9. The zero-order chi connectivity index (χ0) is 18.4. The Labute approximate surface area is 149 Å². The molecule has 1 aliphatic carbocycles. The number of hydrogen-bond donors (Lipinski definition) is 3. The number of aliphatic hydroxyl groups is 2. The second-order valence-electron chi connectivity index (χ2n) is 7.01. The quantitative estimate of drug-likeness (QED) is 0.479. The highest BCUT2D eigenvalue weighted by Gasteiger charge is 2.40. The summed E-state index contributed by atoms with van der Waals surface area (Å²) in [7, 11) is -2.77. The predicted molar refractivity (Wildman–Crippen MR) is 96.4 cm³/mol. The molecule has 0 bridgehead atoms. The summed E-state index contributed by atoms with van der Waals surface area (Å²) < 4.78 is 23.3. The summed E-state index contributed by atoms with van der Waals surface area (Å²) in [5.41, 5.74) is 0.908. The molecular weight excluding hydrogens is 343 g/mol. The first-order valence-corrected chi connectivity index (χ1v) is 11.3. The Balaban J connectivity index is 1.80. The molecule has 3 N–H and O–H groups in total. The van der Waals surface area contributed by atoms with E-state index in [-0.39, 0.29) is 6.42 Å². The summed E-state index contributed by atoms with van der Waals surface area (Å²) in [5, 5.41) is 29.7. The van der Waals surface area contributed by atoms with Gasteiger partial charge in [0.15, 0.2) is 7.37 Å². The zero-order valence-corrected chi connectivity index (χ0v) is 15.8. The van der Waals surface area contributed by atoms with Crippen molar-refractivity contribution in [2.45, 2.75) is 56.5 Å². The summed E-state index contributed by atoms with van der Waals surface area (Å²) in [4.78, 5) is 0. The molecule has 0 saturated heterocycles. The highest BCUT2D eigenvalue weighted by atomic mass is 31.2. The van der Waals surface area contributed by atoms with Crippen LogP contribution in [-0.2, 0) is 20.2 Å². The van der Waals surface area contributed by atoms with Crippen LogP contribution >= 0.6 is 7.37 Å². The molecule has 142 valence electrons. The van der Waals surface area contributed by atoms with Gasteiger partial charge < -0.3 is 24.6 Å². The summed E-state index contributed by atoms with van der Waals surface area (Å²) >= 11 is 0. The Kier molecular flexibility index (Phi) is 7.47. The van der Waals surface area contributed by atoms with Crippen LogP contribution in [-0.4, -0.2) is 59.7 Å². The average Bonchev–Trinajstić information content (AvgIpc) is 2.51. The molecule has 0 unspecified atom stereocenters. The largest absolute Gasteiger partial charge is 0.508 e. The third-order valence-electron chi connectivity index (χ3n) is 4.30. The first-order valence-electron chi connectivity index (χ1n) is 8.74. The molecule has 1 saturated carbocycles. The van der Waals surface area contributed by atoms with Crippen molar-refractivity contribution in [3.8, 4) is 5.75 Å². The van der Waals surface area contributed by atoms with Crippen molar-refractivity contribution in [1.29, 1.82) is 0 Å². The van der Waals surface area contributed by atoms with Crippen LogP contribution in [0.3, 0.4) is 0 Å². The van der Waals surface area contributed by atoms with Crippen LogP contribution in [0.15, 0.2) is 24.3 Å². The average molecular weight is 372 g/mol. The number of hydrogen-bond acceptors (Lipinski definition) is 6. The molecule has 2 rings (SSSR count). The highest BCUT2D eigenvalue weighted by molar-refractivity contribution is 7.57. The molecule has 0 spiro atoms. The number of phenolic OH excluding ortho intramolecular Hbond substituents is 1. The molecule has 0 aromatic heterocycles. The van der Waals surface area contributed by atoms with Crippen LogP contribution < -0.4 is 0 Å². The van der Waals surface area contributed by atoms with Gasteiger partial charge in [0.1, 0.15) is 11.9 Å². The van der Waals surface area contributed by atoms with Gasteiger partial charge in [0.25, 0.3) is 0 Å². The van der Waals surface area contributed by atoms with E-state index < -0.39 is 31.8 Å². The number of aryl methyl sites for hydroxylation is 1. The summed E-state index contributed by atoms with van der Waals surface area (Å²) in [6.07, 6.45) is 0.266. The van der Waals surface area contributed by atoms with Crippen molar-refractivity contribution >= 4 is 7.37 Å². The maximum absolute atomic E-state index is 11.9. The highest BCUT2D eigenvalue weighted by Crippen LogP contribution is 2.42. The SMILES string of the molecule is CP(C)(=O)O[C@@H]1[C@H](O)C[C@@H](O)C[C@H]1OCCCCc1ccccc1O. The fourth-order valence-corrected chi connectivity index (χ4v) is 3.99. The van der Waals surface area contributed by atoms with Crippen LogP contribution in [0.25, 0.3) is 0 Å². The molecule has 1 aromatic carbocycles.